The van der Waals surface area contributed by atoms with Crippen molar-refractivity contribution in [2.75, 3.05) is 19.7 Å². The van der Waals surface area contributed by atoms with Gasteiger partial charge in [-0.15, -0.1) is 0 Å². The zero-order valence-electron chi connectivity index (χ0n) is 13.2. The van der Waals surface area contributed by atoms with Gasteiger partial charge in [0.1, 0.15) is 0 Å². The fourth-order valence-electron chi connectivity index (χ4n) is 3.75. The van der Waals surface area contributed by atoms with E-state index < -0.39 is 0 Å². The fourth-order valence-corrected chi connectivity index (χ4v) is 3.75. The number of amides is 1. The Morgan fingerprint density at radius 1 is 1.32 bits per heavy atom. The number of aryl methyl sites for hydroxylation is 2. The van der Waals surface area contributed by atoms with Crippen LogP contribution in [0.4, 0.5) is 0 Å². The van der Waals surface area contributed by atoms with Crippen molar-refractivity contribution in [2.24, 2.45) is 5.92 Å². The van der Waals surface area contributed by atoms with E-state index in [1.807, 2.05) is 0 Å². The van der Waals surface area contributed by atoms with E-state index in [1.54, 1.807) is 13.8 Å². The van der Waals surface area contributed by atoms with E-state index in [1.165, 1.54) is 12.8 Å². The Morgan fingerprint density at radius 2 is 2.14 bits per heavy atom. The second kappa shape index (κ2) is 5.35. The second-order valence-electron chi connectivity index (χ2n) is 6.87. The van der Waals surface area contributed by atoms with Crippen molar-refractivity contribution in [3.63, 3.8) is 0 Å². The highest BCUT2D eigenvalue weighted by atomic mass is 16.5. The molecular weight excluding hydrogens is 282 g/mol. The van der Waals surface area contributed by atoms with Crippen LogP contribution in [0.25, 0.3) is 0 Å². The van der Waals surface area contributed by atoms with Crippen molar-refractivity contribution >= 4 is 5.91 Å². The number of oxazole rings is 1. The highest BCUT2D eigenvalue weighted by Gasteiger charge is 2.42. The summed E-state index contributed by atoms with van der Waals surface area (Å²) in [4.78, 5) is 19.0. The van der Waals surface area contributed by atoms with Crippen LogP contribution in [0.2, 0.25) is 0 Å². The Balaban J connectivity index is 1.36. The Morgan fingerprint density at radius 3 is 2.82 bits per heavy atom. The molecule has 0 unspecified atom stereocenters. The number of ether oxygens (including phenoxy) is 1. The molecule has 1 aliphatic carbocycles. The normalized spacial score (nSPS) is 32.0. The molecule has 2 aliphatic heterocycles. The van der Waals surface area contributed by atoms with Gasteiger partial charge in [-0.2, -0.15) is 0 Å². The third-order valence-corrected chi connectivity index (χ3v) is 5.04. The van der Waals surface area contributed by atoms with Gasteiger partial charge in [-0.3, -0.25) is 9.69 Å². The van der Waals surface area contributed by atoms with Crippen LogP contribution < -0.4 is 5.32 Å². The van der Waals surface area contributed by atoms with E-state index in [2.05, 4.69) is 15.2 Å². The maximum Gasteiger partial charge on any atom is 0.289 e. The maximum absolute atomic E-state index is 12.3. The molecule has 2 saturated heterocycles. The van der Waals surface area contributed by atoms with Crippen LogP contribution in [-0.2, 0) is 4.74 Å². The van der Waals surface area contributed by atoms with Gasteiger partial charge < -0.3 is 14.5 Å². The van der Waals surface area contributed by atoms with Crippen molar-refractivity contribution in [3.05, 3.63) is 17.3 Å². The van der Waals surface area contributed by atoms with Gasteiger partial charge in [0, 0.05) is 32.1 Å². The Hall–Kier alpha value is -1.40. The second-order valence-corrected chi connectivity index (χ2v) is 6.87. The molecule has 120 valence electrons. The summed E-state index contributed by atoms with van der Waals surface area (Å²) in [5, 5.41) is 3.10. The third kappa shape index (κ3) is 2.65. The number of rotatable bonds is 3. The molecule has 0 radical (unpaired) electrons. The monoisotopic (exact) mass is 305 g/mol. The summed E-state index contributed by atoms with van der Waals surface area (Å²) in [7, 11) is 0. The van der Waals surface area contributed by atoms with Gasteiger partial charge >= 0.3 is 0 Å². The molecule has 1 N–H and O–H groups in total. The summed E-state index contributed by atoms with van der Waals surface area (Å²) in [6.07, 6.45) is 3.99. The molecule has 0 bridgehead atoms. The minimum Gasteiger partial charge on any atom is -0.436 e. The van der Waals surface area contributed by atoms with Crippen molar-refractivity contribution in [3.8, 4) is 0 Å². The highest BCUT2D eigenvalue weighted by molar-refractivity contribution is 5.92. The predicted molar refractivity (Wildman–Crippen MR) is 79.7 cm³/mol. The topological polar surface area (TPSA) is 67.6 Å². The van der Waals surface area contributed by atoms with E-state index in [-0.39, 0.29) is 11.9 Å². The molecule has 0 aromatic carbocycles. The summed E-state index contributed by atoms with van der Waals surface area (Å²) >= 11 is 0. The van der Waals surface area contributed by atoms with Gasteiger partial charge in [-0.1, -0.05) is 0 Å². The summed E-state index contributed by atoms with van der Waals surface area (Å²) in [6, 6.07) is 0.613. The molecule has 3 fully saturated rings. The van der Waals surface area contributed by atoms with E-state index in [0.717, 1.165) is 32.0 Å². The molecule has 6 heteroatoms. The van der Waals surface area contributed by atoms with E-state index in [0.29, 0.717) is 29.5 Å². The van der Waals surface area contributed by atoms with Crippen molar-refractivity contribution in [1.29, 1.82) is 0 Å². The first-order valence-corrected chi connectivity index (χ1v) is 8.20. The molecule has 0 spiro atoms. The molecule has 4 rings (SSSR count). The van der Waals surface area contributed by atoms with Gasteiger partial charge in [-0.25, -0.2) is 4.98 Å². The highest BCUT2D eigenvalue weighted by Crippen LogP contribution is 2.37. The van der Waals surface area contributed by atoms with Crippen molar-refractivity contribution in [2.45, 2.75) is 51.3 Å². The molecule has 6 nitrogen and oxygen atoms in total. The number of aromatic nitrogens is 1. The summed E-state index contributed by atoms with van der Waals surface area (Å²) in [5.41, 5.74) is 0.655. The lowest BCUT2D eigenvalue weighted by molar-refractivity contribution is -0.0581. The van der Waals surface area contributed by atoms with Crippen LogP contribution in [0.1, 0.15) is 41.4 Å². The lowest BCUT2D eigenvalue weighted by Gasteiger charge is -2.35. The van der Waals surface area contributed by atoms with Gasteiger partial charge in [0.15, 0.2) is 5.89 Å². The third-order valence-electron chi connectivity index (χ3n) is 5.04. The lowest BCUT2D eigenvalue weighted by atomic mass is 10.1. The number of carbonyl (C=O) groups excluding carboxylic acids is 1. The number of morpholine rings is 1. The standard InChI is InChI=1S/C16H23N3O3/c1-9-15(22-10(2)17-9)16(20)18-12-5-13-8-21-14(11-3-4-11)7-19(13)6-12/h11-14H,3-8H2,1-2H3,(H,18,20)/t12-,13-,14+/m0/s1. The van der Waals surface area contributed by atoms with Crippen LogP contribution in [0.5, 0.6) is 0 Å². The quantitative estimate of drug-likeness (QED) is 0.911. The Bertz CT molecular complexity index is 581. The fraction of sp³-hybridized carbons (Fsp3) is 0.750. The molecule has 3 atom stereocenters. The first kappa shape index (κ1) is 14.2. The molecule has 22 heavy (non-hydrogen) atoms. The van der Waals surface area contributed by atoms with E-state index in [4.69, 9.17) is 9.15 Å². The first-order chi connectivity index (χ1) is 10.6. The van der Waals surface area contributed by atoms with E-state index in [9.17, 15) is 4.79 Å². The zero-order valence-corrected chi connectivity index (χ0v) is 13.2. The largest absolute Gasteiger partial charge is 0.436 e. The van der Waals surface area contributed by atoms with Crippen LogP contribution >= 0.6 is 0 Å². The van der Waals surface area contributed by atoms with Crippen molar-refractivity contribution < 1.29 is 13.9 Å². The average molecular weight is 305 g/mol. The maximum atomic E-state index is 12.3. The van der Waals surface area contributed by atoms with Crippen molar-refractivity contribution in [1.82, 2.24) is 15.2 Å². The molecule has 3 aliphatic rings. The molecule has 1 amide bonds. The van der Waals surface area contributed by atoms with Crippen LogP contribution in [0.3, 0.4) is 0 Å². The minimum atomic E-state index is -0.150. The zero-order chi connectivity index (χ0) is 15.3. The Labute approximate surface area is 130 Å². The summed E-state index contributed by atoms with van der Waals surface area (Å²) in [6.45, 7) is 6.29. The van der Waals surface area contributed by atoms with Crippen LogP contribution in [0, 0.1) is 19.8 Å². The number of hydrogen-bond acceptors (Lipinski definition) is 5. The Kier molecular flexibility index (Phi) is 3.46. The average Bonchev–Trinajstić information content (AvgIpc) is 3.16. The molecule has 1 saturated carbocycles. The molecule has 3 heterocycles. The summed E-state index contributed by atoms with van der Waals surface area (Å²) < 4.78 is 11.4. The number of carbonyl (C=O) groups is 1. The molecular formula is C16H23N3O3. The van der Waals surface area contributed by atoms with Crippen LogP contribution in [-0.4, -0.2) is 53.7 Å². The number of fused-ring (bicyclic) bond motifs is 1. The smallest absolute Gasteiger partial charge is 0.289 e. The predicted octanol–water partition coefficient (Wildman–Crippen LogP) is 1.27. The minimum absolute atomic E-state index is 0.150. The van der Waals surface area contributed by atoms with Gasteiger partial charge in [0.05, 0.1) is 18.4 Å². The van der Waals surface area contributed by atoms with E-state index >= 15 is 0 Å². The first-order valence-electron chi connectivity index (χ1n) is 8.20. The van der Waals surface area contributed by atoms with Gasteiger partial charge in [0.25, 0.3) is 5.91 Å². The van der Waals surface area contributed by atoms with Gasteiger partial charge in [0.2, 0.25) is 5.76 Å². The molecule has 1 aromatic rings. The number of hydrogen-bond donors (Lipinski definition) is 1. The lowest BCUT2D eigenvalue weighted by Crippen LogP contribution is -2.47. The summed E-state index contributed by atoms with van der Waals surface area (Å²) in [5.74, 6) is 1.50. The van der Waals surface area contributed by atoms with Crippen LogP contribution in [0.15, 0.2) is 4.42 Å². The van der Waals surface area contributed by atoms with Gasteiger partial charge in [-0.05, 0) is 32.1 Å². The number of nitrogens with one attached hydrogen (secondary N) is 1. The SMILES string of the molecule is Cc1nc(C)c(C(=O)N[C@H]2C[C@H]3CO[C@@H](C4CC4)CN3C2)o1. The molecule has 1 aromatic heterocycles. The number of nitrogens with zero attached hydrogens (tertiary/aromatic N) is 2.